The molecule has 0 aliphatic rings. The van der Waals surface area contributed by atoms with Crippen LogP contribution in [0.15, 0.2) is 103 Å². The van der Waals surface area contributed by atoms with E-state index < -0.39 is 0 Å². The van der Waals surface area contributed by atoms with Crippen molar-refractivity contribution in [3.05, 3.63) is 115 Å². The van der Waals surface area contributed by atoms with Crippen molar-refractivity contribution in [2.24, 2.45) is 0 Å². The summed E-state index contributed by atoms with van der Waals surface area (Å²) in [5, 5.41) is 9.90. The number of hydrogen-bond acceptors (Lipinski definition) is 3. The fraction of sp³-hybridized carbons (Fsp3) is 0.0769. The maximum Gasteiger partial charge on any atom is 0.164 e. The van der Waals surface area contributed by atoms with Crippen molar-refractivity contribution >= 4 is 17.3 Å². The first kappa shape index (κ1) is 18.9. The third kappa shape index (κ3) is 3.62. The summed E-state index contributed by atoms with van der Waals surface area (Å²) >= 11 is 0. The van der Waals surface area contributed by atoms with Gasteiger partial charge in [-0.15, -0.1) is 10.2 Å². The minimum absolute atomic E-state index is 0.858. The molecule has 0 saturated carbocycles. The predicted molar refractivity (Wildman–Crippen MR) is 125 cm³/mol. The van der Waals surface area contributed by atoms with Gasteiger partial charge in [-0.1, -0.05) is 54.6 Å². The topological polar surface area (TPSA) is 38.9 Å². The van der Waals surface area contributed by atoms with Crippen LogP contribution in [-0.2, 0) is 0 Å². The van der Waals surface area contributed by atoms with Crippen LogP contribution in [0, 0.1) is 13.8 Å². The zero-order chi connectivity index (χ0) is 21.2. The third-order valence-corrected chi connectivity index (χ3v) is 5.22. The van der Waals surface area contributed by atoms with Crippen molar-refractivity contribution in [1.29, 1.82) is 0 Å². The first-order chi connectivity index (χ1) is 15.2. The Morgan fingerprint density at radius 3 is 1.35 bits per heavy atom. The summed E-state index contributed by atoms with van der Waals surface area (Å²) in [7, 11) is 0. The Balaban J connectivity index is 1.65. The molecule has 5 nitrogen and oxygen atoms in total. The smallest absolute Gasteiger partial charge is 0.164 e. The molecule has 0 aliphatic carbocycles. The van der Waals surface area contributed by atoms with Crippen LogP contribution in [0.4, 0.5) is 17.3 Å². The van der Waals surface area contributed by atoms with Gasteiger partial charge >= 0.3 is 0 Å². The predicted octanol–water partition coefficient (Wildman–Crippen LogP) is 6.14. The van der Waals surface area contributed by atoms with Crippen LogP contribution in [0.25, 0.3) is 11.4 Å². The van der Waals surface area contributed by atoms with Crippen molar-refractivity contribution in [3.8, 4) is 11.4 Å². The van der Waals surface area contributed by atoms with Gasteiger partial charge in [0, 0.05) is 29.2 Å². The zero-order valence-electron chi connectivity index (χ0n) is 17.6. The fourth-order valence-electron chi connectivity index (χ4n) is 3.69. The number of rotatable bonds is 5. The second-order valence-electron chi connectivity index (χ2n) is 7.50. The molecular weight excluding hydrogens is 382 g/mol. The molecule has 0 atom stereocenters. The van der Waals surface area contributed by atoms with Gasteiger partial charge in [-0.05, 0) is 50.2 Å². The number of hydrogen-bond donors (Lipinski definition) is 0. The van der Waals surface area contributed by atoms with E-state index in [-0.39, 0.29) is 0 Å². The minimum atomic E-state index is 0.858. The van der Waals surface area contributed by atoms with Gasteiger partial charge in [0.25, 0.3) is 0 Å². The molecule has 31 heavy (non-hydrogen) atoms. The van der Waals surface area contributed by atoms with Crippen LogP contribution in [-0.4, -0.2) is 19.6 Å². The van der Waals surface area contributed by atoms with Gasteiger partial charge in [-0.2, -0.15) is 0 Å². The number of nitrogens with zero attached hydrogens (tertiary/aromatic N) is 5. The fourth-order valence-corrected chi connectivity index (χ4v) is 3.69. The lowest BCUT2D eigenvalue weighted by molar-refractivity contribution is 0.858. The highest BCUT2D eigenvalue weighted by Crippen LogP contribution is 2.36. The summed E-state index contributed by atoms with van der Waals surface area (Å²) in [6.45, 7) is 4.17. The summed E-state index contributed by atoms with van der Waals surface area (Å²) in [5.74, 6) is 1.72. The van der Waals surface area contributed by atoms with Crippen LogP contribution in [0.3, 0.4) is 0 Å². The van der Waals surface area contributed by atoms with E-state index in [4.69, 9.17) is 10.2 Å². The number of anilines is 3. The zero-order valence-corrected chi connectivity index (χ0v) is 17.6. The van der Waals surface area contributed by atoms with E-state index in [9.17, 15) is 0 Å². The Hall–Kier alpha value is -4.12. The summed E-state index contributed by atoms with van der Waals surface area (Å²) in [4.78, 5) is 2.13. The number of benzene rings is 3. The first-order valence-corrected chi connectivity index (χ1v) is 10.3. The molecule has 0 spiro atoms. The molecular formula is C26H23N5. The van der Waals surface area contributed by atoms with E-state index in [0.29, 0.717) is 0 Å². The maximum atomic E-state index is 4.95. The molecule has 0 aliphatic heterocycles. The molecule has 0 amide bonds. The Morgan fingerprint density at radius 2 is 0.935 bits per heavy atom. The average molecular weight is 406 g/mol. The highest BCUT2D eigenvalue weighted by molar-refractivity contribution is 5.75. The normalized spacial score (nSPS) is 10.9. The Morgan fingerprint density at radius 1 is 0.548 bits per heavy atom. The van der Waals surface area contributed by atoms with Crippen molar-refractivity contribution in [1.82, 2.24) is 19.6 Å². The monoisotopic (exact) mass is 405 g/mol. The highest BCUT2D eigenvalue weighted by atomic mass is 15.4. The second kappa shape index (κ2) is 7.95. The van der Waals surface area contributed by atoms with Crippen LogP contribution in [0.2, 0.25) is 0 Å². The Labute approximate surface area is 181 Å². The van der Waals surface area contributed by atoms with Crippen LogP contribution < -0.4 is 4.90 Å². The first-order valence-electron chi connectivity index (χ1n) is 10.3. The molecule has 0 unspecified atom stereocenters. The molecule has 3 aromatic carbocycles. The summed E-state index contributed by atoms with van der Waals surface area (Å²) in [6, 6.07) is 30.6. The molecule has 5 aromatic rings. The highest BCUT2D eigenvalue weighted by Gasteiger charge is 2.23. The van der Waals surface area contributed by atoms with Crippen molar-refractivity contribution < 1.29 is 0 Å². The van der Waals surface area contributed by atoms with Gasteiger partial charge in [0.15, 0.2) is 11.6 Å². The van der Waals surface area contributed by atoms with E-state index >= 15 is 0 Å². The van der Waals surface area contributed by atoms with Gasteiger partial charge < -0.3 is 0 Å². The Kier molecular flexibility index (Phi) is 4.84. The standard InChI is InChI=1S/C26H23N5/c1-20-18-29(22-12-6-3-7-13-22)27-25(20)31(24-16-10-5-11-17-24)26-21(2)19-30(28-26)23-14-8-4-9-15-23/h3-19H,1-2H3. The third-order valence-electron chi connectivity index (χ3n) is 5.22. The number of aryl methyl sites for hydroxylation is 2. The average Bonchev–Trinajstić information content (AvgIpc) is 3.39. The van der Waals surface area contributed by atoms with Gasteiger partial charge in [0.2, 0.25) is 0 Å². The summed E-state index contributed by atoms with van der Waals surface area (Å²) in [5.41, 5.74) is 5.21. The lowest BCUT2D eigenvalue weighted by atomic mass is 10.2. The van der Waals surface area contributed by atoms with E-state index in [2.05, 4.69) is 67.5 Å². The van der Waals surface area contributed by atoms with Gasteiger partial charge in [-0.25, -0.2) is 9.36 Å². The van der Waals surface area contributed by atoms with Crippen LogP contribution in [0.5, 0.6) is 0 Å². The second-order valence-corrected chi connectivity index (χ2v) is 7.50. The van der Waals surface area contributed by atoms with Gasteiger partial charge in [0.05, 0.1) is 11.4 Å². The number of aromatic nitrogens is 4. The molecule has 0 radical (unpaired) electrons. The van der Waals surface area contributed by atoms with E-state index in [1.165, 1.54) is 0 Å². The van der Waals surface area contributed by atoms with Crippen molar-refractivity contribution in [2.45, 2.75) is 13.8 Å². The summed E-state index contributed by atoms with van der Waals surface area (Å²) in [6.07, 6.45) is 4.12. The largest absolute Gasteiger partial charge is 0.276 e. The molecule has 2 heterocycles. The Bertz CT molecular complexity index is 1200. The van der Waals surface area contributed by atoms with Gasteiger partial charge in [0.1, 0.15) is 0 Å². The maximum absolute atomic E-state index is 4.95. The minimum Gasteiger partial charge on any atom is -0.276 e. The van der Waals surface area contributed by atoms with Crippen LogP contribution >= 0.6 is 0 Å². The molecule has 0 bridgehead atoms. The molecule has 5 rings (SSSR count). The SMILES string of the molecule is Cc1cn(-c2ccccc2)nc1N(c1ccccc1)c1nn(-c2ccccc2)cc1C. The molecule has 2 aromatic heterocycles. The summed E-state index contributed by atoms with van der Waals surface area (Å²) < 4.78 is 3.84. The van der Waals surface area contributed by atoms with Gasteiger partial charge in [-0.3, -0.25) is 4.90 Å². The molecule has 0 fully saturated rings. The molecule has 5 heteroatoms. The van der Waals surface area contributed by atoms with Crippen LogP contribution in [0.1, 0.15) is 11.1 Å². The lowest BCUT2D eigenvalue weighted by Gasteiger charge is -2.22. The molecule has 0 saturated heterocycles. The quantitative estimate of drug-likeness (QED) is 0.352. The van der Waals surface area contributed by atoms with Crippen molar-refractivity contribution in [3.63, 3.8) is 0 Å². The molecule has 152 valence electrons. The number of para-hydroxylation sites is 3. The van der Waals surface area contributed by atoms with E-state index in [1.807, 2.05) is 64.0 Å². The van der Waals surface area contributed by atoms with E-state index in [1.54, 1.807) is 0 Å². The van der Waals surface area contributed by atoms with Crippen molar-refractivity contribution in [2.75, 3.05) is 4.90 Å². The molecule has 0 N–H and O–H groups in total. The lowest BCUT2D eigenvalue weighted by Crippen LogP contribution is -2.14. The van der Waals surface area contributed by atoms with E-state index in [0.717, 1.165) is 39.8 Å².